The molecule has 0 saturated carbocycles. The Hall–Kier alpha value is -5.54. The van der Waals surface area contributed by atoms with E-state index in [4.69, 9.17) is 9.97 Å². The standard InChI is InChI=1S/C39H21N3/c1-5-15-28-22(11-1)23-12-2-6-16-29(23)39(28)30-17-7-3-13-24(30)26-21-27-25-14-4-10-20-33(25)42-37(27)34(35(26)39)36-38(42)41-32-19-9-8-18-31(32)40-36/h1-21H. The first-order valence-electron chi connectivity index (χ1n) is 14.5. The van der Waals surface area contributed by atoms with Gasteiger partial charge in [-0.2, -0.15) is 0 Å². The predicted molar refractivity (Wildman–Crippen MR) is 170 cm³/mol. The Kier molecular flexibility index (Phi) is 3.55. The summed E-state index contributed by atoms with van der Waals surface area (Å²) in [5, 5.41) is 3.73. The fraction of sp³-hybridized carbons (Fsp3) is 0.0256. The first kappa shape index (κ1) is 21.2. The van der Waals surface area contributed by atoms with Crippen LogP contribution in [-0.2, 0) is 5.41 Å². The molecule has 0 unspecified atom stereocenters. The minimum Gasteiger partial charge on any atom is -0.291 e. The molecule has 0 atom stereocenters. The van der Waals surface area contributed by atoms with Crippen LogP contribution in [0.2, 0.25) is 0 Å². The van der Waals surface area contributed by atoms with Crippen molar-refractivity contribution in [3.63, 3.8) is 0 Å². The molecule has 0 fully saturated rings. The molecule has 11 rings (SSSR count). The largest absolute Gasteiger partial charge is 0.291 e. The summed E-state index contributed by atoms with van der Waals surface area (Å²) in [4.78, 5) is 10.7. The zero-order valence-electron chi connectivity index (χ0n) is 22.5. The maximum absolute atomic E-state index is 5.40. The van der Waals surface area contributed by atoms with Gasteiger partial charge in [0.25, 0.3) is 0 Å². The predicted octanol–water partition coefficient (Wildman–Crippen LogP) is 9.12. The van der Waals surface area contributed by atoms with Gasteiger partial charge in [0, 0.05) is 16.2 Å². The van der Waals surface area contributed by atoms with E-state index in [0.29, 0.717) is 0 Å². The van der Waals surface area contributed by atoms with Gasteiger partial charge in [0.1, 0.15) is 5.52 Å². The first-order chi connectivity index (χ1) is 20.9. The van der Waals surface area contributed by atoms with E-state index in [-0.39, 0.29) is 0 Å². The summed E-state index contributed by atoms with van der Waals surface area (Å²) < 4.78 is 2.37. The number of para-hydroxylation sites is 3. The lowest BCUT2D eigenvalue weighted by Gasteiger charge is -2.31. The van der Waals surface area contributed by atoms with Gasteiger partial charge in [-0.05, 0) is 68.8 Å². The van der Waals surface area contributed by atoms with Gasteiger partial charge in [-0.25, -0.2) is 9.97 Å². The van der Waals surface area contributed by atoms with Gasteiger partial charge < -0.3 is 0 Å². The SMILES string of the molecule is c1ccc2c(c1)-c1ccccc1C21c2ccccc2-c2cc3c4ccccc4n4c5nc6ccccc6nc5c(c21)c34. The summed E-state index contributed by atoms with van der Waals surface area (Å²) in [7, 11) is 0. The Balaban J connectivity index is 1.48. The molecule has 42 heavy (non-hydrogen) atoms. The number of hydrogen-bond donors (Lipinski definition) is 0. The molecular weight excluding hydrogens is 510 g/mol. The average molecular weight is 532 g/mol. The minimum atomic E-state index is -0.446. The van der Waals surface area contributed by atoms with Crippen molar-refractivity contribution in [3.8, 4) is 22.3 Å². The minimum absolute atomic E-state index is 0.446. The highest BCUT2D eigenvalue weighted by Crippen LogP contribution is 2.65. The Morgan fingerprint density at radius 2 is 1.05 bits per heavy atom. The zero-order valence-corrected chi connectivity index (χ0v) is 22.5. The maximum atomic E-state index is 5.40. The lowest BCUT2D eigenvalue weighted by atomic mass is 9.69. The van der Waals surface area contributed by atoms with E-state index in [1.54, 1.807) is 0 Å². The molecule has 2 aliphatic rings. The van der Waals surface area contributed by atoms with Crippen molar-refractivity contribution < 1.29 is 0 Å². The fourth-order valence-corrected chi connectivity index (χ4v) is 8.47. The number of benzene rings is 6. The van der Waals surface area contributed by atoms with Crippen molar-refractivity contribution in [1.82, 2.24) is 14.4 Å². The summed E-state index contributed by atoms with van der Waals surface area (Å²) >= 11 is 0. The molecular formula is C39H21N3. The van der Waals surface area contributed by atoms with Gasteiger partial charge >= 0.3 is 0 Å². The van der Waals surface area contributed by atoms with E-state index in [1.165, 1.54) is 71.7 Å². The third kappa shape index (κ3) is 2.17. The first-order valence-corrected chi connectivity index (χ1v) is 14.5. The Bertz CT molecular complexity index is 2600. The van der Waals surface area contributed by atoms with Crippen LogP contribution in [0.5, 0.6) is 0 Å². The number of rotatable bonds is 0. The lowest BCUT2D eigenvalue weighted by molar-refractivity contribution is 0.802. The van der Waals surface area contributed by atoms with E-state index in [2.05, 4.69) is 126 Å². The molecule has 3 heteroatoms. The molecule has 3 heterocycles. The molecule has 0 amide bonds. The highest BCUT2D eigenvalue weighted by Gasteiger charge is 2.53. The van der Waals surface area contributed by atoms with Crippen LogP contribution in [0.4, 0.5) is 0 Å². The highest BCUT2D eigenvalue weighted by molar-refractivity contribution is 6.26. The summed E-state index contributed by atoms with van der Waals surface area (Å²) in [6.45, 7) is 0. The van der Waals surface area contributed by atoms with Crippen LogP contribution in [0.1, 0.15) is 22.3 Å². The topological polar surface area (TPSA) is 30.2 Å². The summed E-state index contributed by atoms with van der Waals surface area (Å²) in [5.74, 6) is 0. The van der Waals surface area contributed by atoms with E-state index in [1.807, 2.05) is 6.07 Å². The van der Waals surface area contributed by atoms with Crippen LogP contribution in [0, 0.1) is 0 Å². The molecule has 3 aromatic heterocycles. The molecule has 0 radical (unpaired) electrons. The third-order valence-corrected chi connectivity index (χ3v) is 9.91. The maximum Gasteiger partial charge on any atom is 0.165 e. The monoisotopic (exact) mass is 531 g/mol. The number of aromatic nitrogens is 3. The number of fused-ring (bicyclic) bond motifs is 18. The fourth-order valence-electron chi connectivity index (χ4n) is 8.47. The average Bonchev–Trinajstić information content (AvgIpc) is 3.74. The second kappa shape index (κ2) is 7.02. The summed E-state index contributed by atoms with van der Waals surface area (Å²) in [6.07, 6.45) is 0. The summed E-state index contributed by atoms with van der Waals surface area (Å²) in [6, 6.07) is 46.5. The van der Waals surface area contributed by atoms with Crippen LogP contribution >= 0.6 is 0 Å². The van der Waals surface area contributed by atoms with Crippen LogP contribution in [-0.4, -0.2) is 14.4 Å². The third-order valence-electron chi connectivity index (χ3n) is 9.91. The Labute approximate surface area is 240 Å². The molecule has 192 valence electrons. The number of nitrogens with zero attached hydrogens (tertiary/aromatic N) is 3. The van der Waals surface area contributed by atoms with Crippen LogP contribution < -0.4 is 0 Å². The molecule has 2 aliphatic carbocycles. The molecule has 0 saturated heterocycles. The van der Waals surface area contributed by atoms with Crippen LogP contribution in [0.25, 0.3) is 71.6 Å². The van der Waals surface area contributed by atoms with Crippen molar-refractivity contribution in [2.24, 2.45) is 0 Å². The van der Waals surface area contributed by atoms with Gasteiger partial charge in [-0.1, -0.05) is 103 Å². The van der Waals surface area contributed by atoms with Crippen LogP contribution in [0.3, 0.4) is 0 Å². The molecule has 0 aliphatic heterocycles. The van der Waals surface area contributed by atoms with Crippen molar-refractivity contribution in [2.45, 2.75) is 5.41 Å². The lowest BCUT2D eigenvalue weighted by Crippen LogP contribution is -2.26. The quantitative estimate of drug-likeness (QED) is 0.195. The normalized spacial score (nSPS) is 14.4. The van der Waals surface area contributed by atoms with Crippen molar-refractivity contribution in [2.75, 3.05) is 0 Å². The van der Waals surface area contributed by atoms with Crippen molar-refractivity contribution >= 4 is 49.4 Å². The molecule has 0 bridgehead atoms. The van der Waals surface area contributed by atoms with E-state index in [0.717, 1.165) is 22.2 Å². The molecule has 1 spiro atoms. The van der Waals surface area contributed by atoms with Crippen LogP contribution in [0.15, 0.2) is 127 Å². The Morgan fingerprint density at radius 1 is 0.500 bits per heavy atom. The van der Waals surface area contributed by atoms with Gasteiger partial charge in [0.05, 0.1) is 27.5 Å². The molecule has 6 aromatic carbocycles. The zero-order chi connectivity index (χ0) is 27.2. The molecule has 3 nitrogen and oxygen atoms in total. The van der Waals surface area contributed by atoms with Crippen molar-refractivity contribution in [3.05, 3.63) is 150 Å². The second-order valence-corrected chi connectivity index (χ2v) is 11.7. The number of hydrogen-bond acceptors (Lipinski definition) is 2. The van der Waals surface area contributed by atoms with E-state index in [9.17, 15) is 0 Å². The Morgan fingerprint density at radius 3 is 1.74 bits per heavy atom. The molecule has 9 aromatic rings. The highest BCUT2D eigenvalue weighted by atomic mass is 15.0. The van der Waals surface area contributed by atoms with E-state index >= 15 is 0 Å². The van der Waals surface area contributed by atoms with Gasteiger partial charge in [-0.3, -0.25) is 4.40 Å². The van der Waals surface area contributed by atoms with E-state index < -0.39 is 5.41 Å². The molecule has 0 N–H and O–H groups in total. The summed E-state index contributed by atoms with van der Waals surface area (Å²) in [5.41, 5.74) is 16.3. The van der Waals surface area contributed by atoms with Gasteiger partial charge in [0.15, 0.2) is 5.65 Å². The van der Waals surface area contributed by atoms with Crippen molar-refractivity contribution in [1.29, 1.82) is 0 Å². The van der Waals surface area contributed by atoms with Gasteiger partial charge in [-0.15, -0.1) is 0 Å². The second-order valence-electron chi connectivity index (χ2n) is 11.7. The van der Waals surface area contributed by atoms with Gasteiger partial charge in [0.2, 0.25) is 0 Å². The smallest absolute Gasteiger partial charge is 0.165 e.